The van der Waals surface area contributed by atoms with Crippen LogP contribution < -0.4 is 4.90 Å². The zero-order valence-corrected chi connectivity index (χ0v) is 10.4. The van der Waals surface area contributed by atoms with E-state index in [0.29, 0.717) is 5.69 Å². The summed E-state index contributed by atoms with van der Waals surface area (Å²) in [6.45, 7) is 3.84. The minimum atomic E-state index is 0.457. The van der Waals surface area contributed by atoms with Crippen molar-refractivity contribution in [3.63, 3.8) is 0 Å². The van der Waals surface area contributed by atoms with Gasteiger partial charge in [-0.1, -0.05) is 30.3 Å². The third-order valence-electron chi connectivity index (χ3n) is 2.82. The highest BCUT2D eigenvalue weighted by atomic mass is 15.1. The highest BCUT2D eigenvalue weighted by Gasteiger charge is 2.06. The largest absolute Gasteiger partial charge is 0.367 e. The van der Waals surface area contributed by atoms with Crippen molar-refractivity contribution in [3.8, 4) is 6.07 Å². The molecule has 3 heteroatoms. The molecule has 0 saturated heterocycles. The van der Waals surface area contributed by atoms with Gasteiger partial charge >= 0.3 is 0 Å². The molecule has 0 amide bonds. The Balaban J connectivity index is 2.21. The molecule has 2 rings (SSSR count). The van der Waals surface area contributed by atoms with Crippen molar-refractivity contribution in [2.45, 2.75) is 13.5 Å². The van der Waals surface area contributed by atoms with E-state index in [-0.39, 0.29) is 0 Å². The number of hydrogen-bond acceptors (Lipinski definition) is 3. The molecule has 0 fully saturated rings. The Morgan fingerprint density at radius 3 is 2.67 bits per heavy atom. The lowest BCUT2D eigenvalue weighted by molar-refractivity contribution is 0.830. The van der Waals surface area contributed by atoms with E-state index in [4.69, 9.17) is 5.26 Å². The van der Waals surface area contributed by atoms with Gasteiger partial charge in [0.2, 0.25) is 0 Å². The minimum absolute atomic E-state index is 0.457. The van der Waals surface area contributed by atoms with Crippen LogP contribution in [-0.2, 0) is 6.54 Å². The van der Waals surface area contributed by atoms with Crippen LogP contribution in [0.2, 0.25) is 0 Å². The first-order valence-electron chi connectivity index (χ1n) is 5.98. The average Bonchev–Trinajstić information content (AvgIpc) is 2.46. The summed E-state index contributed by atoms with van der Waals surface area (Å²) in [5.74, 6) is 0. The first-order chi connectivity index (χ1) is 8.83. The fraction of sp³-hybridized carbons (Fsp3) is 0.200. The number of rotatable bonds is 4. The maximum absolute atomic E-state index is 8.88. The summed E-state index contributed by atoms with van der Waals surface area (Å²) < 4.78 is 0. The van der Waals surface area contributed by atoms with Crippen molar-refractivity contribution in [1.29, 1.82) is 5.26 Å². The second kappa shape index (κ2) is 5.83. The Morgan fingerprint density at radius 1 is 1.22 bits per heavy atom. The Morgan fingerprint density at radius 2 is 2.00 bits per heavy atom. The van der Waals surface area contributed by atoms with Gasteiger partial charge in [0.15, 0.2) is 0 Å². The van der Waals surface area contributed by atoms with Crippen molar-refractivity contribution >= 4 is 5.69 Å². The molecular weight excluding hydrogens is 222 g/mol. The topological polar surface area (TPSA) is 39.9 Å². The van der Waals surface area contributed by atoms with Gasteiger partial charge in [-0.2, -0.15) is 5.26 Å². The van der Waals surface area contributed by atoms with Gasteiger partial charge in [0.25, 0.3) is 0 Å². The molecule has 1 aromatic heterocycles. The SMILES string of the molecule is CCN(Cc1ccccc1)c1ccnc(C#N)c1. The number of hydrogen-bond donors (Lipinski definition) is 0. The van der Waals surface area contributed by atoms with Gasteiger partial charge in [0.05, 0.1) is 0 Å². The highest BCUT2D eigenvalue weighted by Crippen LogP contribution is 2.17. The van der Waals surface area contributed by atoms with Crippen LogP contribution in [0.1, 0.15) is 18.2 Å². The maximum Gasteiger partial charge on any atom is 0.142 e. The Bertz CT molecular complexity index is 543. The van der Waals surface area contributed by atoms with Gasteiger partial charge < -0.3 is 4.90 Å². The number of nitrogens with zero attached hydrogens (tertiary/aromatic N) is 3. The quantitative estimate of drug-likeness (QED) is 0.820. The number of pyridine rings is 1. The summed E-state index contributed by atoms with van der Waals surface area (Å²) >= 11 is 0. The van der Waals surface area contributed by atoms with Crippen LogP contribution in [-0.4, -0.2) is 11.5 Å². The number of benzene rings is 1. The third kappa shape index (κ3) is 2.86. The molecule has 0 aliphatic carbocycles. The predicted octanol–water partition coefficient (Wildman–Crippen LogP) is 2.98. The lowest BCUT2D eigenvalue weighted by atomic mass is 10.2. The lowest BCUT2D eigenvalue weighted by Crippen LogP contribution is -2.22. The van der Waals surface area contributed by atoms with Crippen LogP contribution in [0.25, 0.3) is 0 Å². The molecule has 0 bridgehead atoms. The minimum Gasteiger partial charge on any atom is -0.367 e. The monoisotopic (exact) mass is 237 g/mol. The number of anilines is 1. The van der Waals surface area contributed by atoms with Crippen molar-refractivity contribution in [1.82, 2.24) is 4.98 Å². The van der Waals surface area contributed by atoms with Gasteiger partial charge in [-0.05, 0) is 24.6 Å². The van der Waals surface area contributed by atoms with Crippen molar-refractivity contribution < 1.29 is 0 Å². The molecular formula is C15H15N3. The summed E-state index contributed by atoms with van der Waals surface area (Å²) in [5, 5.41) is 8.88. The fourth-order valence-electron chi connectivity index (χ4n) is 1.87. The van der Waals surface area contributed by atoms with Crippen LogP contribution in [0.15, 0.2) is 48.7 Å². The van der Waals surface area contributed by atoms with E-state index < -0.39 is 0 Å². The summed E-state index contributed by atoms with van der Waals surface area (Å²) in [4.78, 5) is 6.21. The summed E-state index contributed by atoms with van der Waals surface area (Å²) in [5.41, 5.74) is 2.75. The molecule has 2 aromatic rings. The van der Waals surface area contributed by atoms with E-state index in [1.807, 2.05) is 30.3 Å². The van der Waals surface area contributed by atoms with E-state index in [1.54, 1.807) is 6.20 Å². The molecule has 0 aliphatic rings. The Kier molecular flexibility index (Phi) is 3.93. The molecule has 90 valence electrons. The van der Waals surface area contributed by atoms with E-state index >= 15 is 0 Å². The molecule has 0 unspecified atom stereocenters. The number of aromatic nitrogens is 1. The van der Waals surface area contributed by atoms with Crippen LogP contribution in [0.5, 0.6) is 0 Å². The summed E-state index contributed by atoms with van der Waals surface area (Å²) in [7, 11) is 0. The molecule has 1 heterocycles. The molecule has 18 heavy (non-hydrogen) atoms. The molecule has 0 aliphatic heterocycles. The first kappa shape index (κ1) is 12.1. The summed E-state index contributed by atoms with van der Waals surface area (Å²) in [6.07, 6.45) is 1.68. The fourth-order valence-corrected chi connectivity index (χ4v) is 1.87. The maximum atomic E-state index is 8.88. The molecule has 0 saturated carbocycles. The number of nitriles is 1. The van der Waals surface area contributed by atoms with Gasteiger partial charge in [-0.3, -0.25) is 0 Å². The molecule has 3 nitrogen and oxygen atoms in total. The van der Waals surface area contributed by atoms with Gasteiger partial charge in [-0.15, -0.1) is 0 Å². The normalized spacial score (nSPS) is 9.78. The lowest BCUT2D eigenvalue weighted by Gasteiger charge is -2.23. The Labute approximate surface area is 107 Å². The highest BCUT2D eigenvalue weighted by molar-refractivity contribution is 5.49. The molecule has 0 spiro atoms. The summed E-state index contributed by atoms with van der Waals surface area (Å²) in [6, 6.07) is 16.1. The van der Waals surface area contributed by atoms with E-state index in [0.717, 1.165) is 18.8 Å². The van der Waals surface area contributed by atoms with Crippen LogP contribution >= 0.6 is 0 Å². The smallest absolute Gasteiger partial charge is 0.142 e. The first-order valence-corrected chi connectivity index (χ1v) is 5.98. The molecule has 0 N–H and O–H groups in total. The van der Waals surface area contributed by atoms with Crippen LogP contribution in [0.3, 0.4) is 0 Å². The van der Waals surface area contributed by atoms with Crippen LogP contribution in [0.4, 0.5) is 5.69 Å². The standard InChI is InChI=1S/C15H15N3/c1-2-18(12-13-6-4-3-5-7-13)15-8-9-17-14(10-15)11-16/h3-10H,2,12H2,1H3. The van der Waals surface area contributed by atoms with Gasteiger partial charge in [0, 0.05) is 25.0 Å². The van der Waals surface area contributed by atoms with E-state index in [1.165, 1.54) is 5.56 Å². The van der Waals surface area contributed by atoms with Crippen LogP contribution in [0, 0.1) is 11.3 Å². The molecule has 0 radical (unpaired) electrons. The van der Waals surface area contributed by atoms with E-state index in [2.05, 4.69) is 35.0 Å². The van der Waals surface area contributed by atoms with Gasteiger partial charge in [0.1, 0.15) is 11.8 Å². The van der Waals surface area contributed by atoms with Crippen molar-refractivity contribution in [3.05, 3.63) is 59.9 Å². The van der Waals surface area contributed by atoms with Crippen molar-refractivity contribution in [2.24, 2.45) is 0 Å². The third-order valence-corrected chi connectivity index (χ3v) is 2.82. The molecule has 1 aromatic carbocycles. The van der Waals surface area contributed by atoms with E-state index in [9.17, 15) is 0 Å². The zero-order valence-electron chi connectivity index (χ0n) is 10.4. The second-order valence-corrected chi connectivity index (χ2v) is 4.01. The predicted molar refractivity (Wildman–Crippen MR) is 72.1 cm³/mol. The zero-order chi connectivity index (χ0) is 12.8. The molecule has 0 atom stereocenters. The average molecular weight is 237 g/mol. The Hall–Kier alpha value is -2.34. The van der Waals surface area contributed by atoms with Crippen molar-refractivity contribution in [2.75, 3.05) is 11.4 Å². The van der Waals surface area contributed by atoms with Gasteiger partial charge in [-0.25, -0.2) is 4.98 Å². The second-order valence-electron chi connectivity index (χ2n) is 4.01.